The molecule has 136 valence electrons. The van der Waals surface area contributed by atoms with Gasteiger partial charge in [0.15, 0.2) is 6.61 Å². The Hall–Kier alpha value is -3.22. The van der Waals surface area contributed by atoms with E-state index in [2.05, 4.69) is 5.32 Å². The Bertz CT molecular complexity index is 805. The summed E-state index contributed by atoms with van der Waals surface area (Å²) in [6.07, 6.45) is 0. The minimum Gasteiger partial charge on any atom is -0.452 e. The molecule has 0 bridgehead atoms. The number of hydrogen-bond donors (Lipinski definition) is 1. The van der Waals surface area contributed by atoms with Gasteiger partial charge >= 0.3 is 5.97 Å². The Balaban J connectivity index is 1.89. The van der Waals surface area contributed by atoms with Crippen molar-refractivity contribution in [1.82, 2.24) is 5.32 Å². The number of amides is 1. The Morgan fingerprint density at radius 2 is 1.85 bits per heavy atom. The number of nitro benzene ring substituents is 1. The number of nitrogens with zero attached hydrogens (tertiary/aromatic N) is 1. The van der Waals surface area contributed by atoms with E-state index in [1.807, 2.05) is 37.3 Å². The third-order valence-electron chi connectivity index (χ3n) is 3.95. The average molecular weight is 356 g/mol. The van der Waals surface area contributed by atoms with E-state index in [1.54, 1.807) is 0 Å². The third-order valence-corrected chi connectivity index (χ3v) is 3.95. The highest BCUT2D eigenvalue weighted by Crippen LogP contribution is 2.23. The zero-order valence-corrected chi connectivity index (χ0v) is 14.6. The van der Waals surface area contributed by atoms with E-state index in [4.69, 9.17) is 4.74 Å². The van der Waals surface area contributed by atoms with E-state index < -0.39 is 23.4 Å². The maximum absolute atomic E-state index is 12.1. The van der Waals surface area contributed by atoms with Crippen LogP contribution in [0, 0.1) is 17.0 Å². The van der Waals surface area contributed by atoms with Gasteiger partial charge in [0.2, 0.25) is 0 Å². The maximum atomic E-state index is 12.1. The van der Waals surface area contributed by atoms with Gasteiger partial charge in [0, 0.05) is 12.1 Å². The molecule has 1 amide bonds. The molecule has 0 saturated heterocycles. The Labute approximate surface area is 151 Å². The van der Waals surface area contributed by atoms with Crippen LogP contribution in [0.2, 0.25) is 0 Å². The lowest BCUT2D eigenvalue weighted by atomic mass is 10.0. The van der Waals surface area contributed by atoms with Gasteiger partial charge < -0.3 is 10.1 Å². The van der Waals surface area contributed by atoms with Gasteiger partial charge in [0.25, 0.3) is 11.6 Å². The molecule has 2 rings (SSSR count). The molecule has 2 aromatic carbocycles. The van der Waals surface area contributed by atoms with Crippen molar-refractivity contribution in [3.05, 3.63) is 75.3 Å². The van der Waals surface area contributed by atoms with E-state index in [0.29, 0.717) is 12.1 Å². The van der Waals surface area contributed by atoms with Crippen LogP contribution in [0.1, 0.15) is 34.3 Å². The first kappa shape index (κ1) is 19.1. The van der Waals surface area contributed by atoms with Gasteiger partial charge in [0.1, 0.15) is 5.56 Å². The van der Waals surface area contributed by atoms with E-state index in [1.165, 1.54) is 25.1 Å². The molecule has 2 aromatic rings. The SMILES string of the molecule is Cc1cccc(C(=O)OCC(=O)NCC(C)c2ccccc2)c1[N+](=O)[O-]. The molecular weight excluding hydrogens is 336 g/mol. The number of para-hydroxylation sites is 1. The summed E-state index contributed by atoms with van der Waals surface area (Å²) >= 11 is 0. The molecule has 1 N–H and O–H groups in total. The zero-order valence-electron chi connectivity index (χ0n) is 14.6. The second-order valence-corrected chi connectivity index (χ2v) is 5.92. The number of aryl methyl sites for hydroxylation is 1. The van der Waals surface area contributed by atoms with Crippen molar-refractivity contribution in [1.29, 1.82) is 0 Å². The molecular formula is C19H20N2O5. The largest absolute Gasteiger partial charge is 0.452 e. The molecule has 0 saturated carbocycles. The molecule has 0 spiro atoms. The fourth-order valence-corrected chi connectivity index (χ4v) is 2.49. The standard InChI is InChI=1S/C19H20N2O5/c1-13-7-6-10-16(18(13)21(24)25)19(23)26-12-17(22)20-11-14(2)15-8-4-3-5-9-15/h3-10,14H,11-12H2,1-2H3,(H,20,22). The number of benzene rings is 2. The fraction of sp³-hybridized carbons (Fsp3) is 0.263. The molecule has 0 aliphatic rings. The highest BCUT2D eigenvalue weighted by Gasteiger charge is 2.24. The number of rotatable bonds is 7. The van der Waals surface area contributed by atoms with Crippen LogP contribution in [-0.4, -0.2) is 30.0 Å². The molecule has 7 heteroatoms. The van der Waals surface area contributed by atoms with Crippen LogP contribution in [0.25, 0.3) is 0 Å². The van der Waals surface area contributed by atoms with Crippen molar-refractivity contribution in [2.45, 2.75) is 19.8 Å². The summed E-state index contributed by atoms with van der Waals surface area (Å²) in [4.78, 5) is 34.4. The smallest absolute Gasteiger partial charge is 0.345 e. The highest BCUT2D eigenvalue weighted by atomic mass is 16.6. The number of carbonyl (C=O) groups excluding carboxylic acids is 2. The molecule has 0 aliphatic heterocycles. The number of hydrogen-bond acceptors (Lipinski definition) is 5. The lowest BCUT2D eigenvalue weighted by Crippen LogP contribution is -2.31. The van der Waals surface area contributed by atoms with Crippen LogP contribution in [0.15, 0.2) is 48.5 Å². The van der Waals surface area contributed by atoms with Gasteiger partial charge in [-0.05, 0) is 24.5 Å². The van der Waals surface area contributed by atoms with Crippen LogP contribution in [-0.2, 0) is 9.53 Å². The monoisotopic (exact) mass is 356 g/mol. The number of ether oxygens (including phenoxy) is 1. The molecule has 1 unspecified atom stereocenters. The molecule has 0 aliphatic carbocycles. The van der Waals surface area contributed by atoms with Crippen molar-refractivity contribution in [3.8, 4) is 0 Å². The minimum atomic E-state index is -0.897. The van der Waals surface area contributed by atoms with Crippen LogP contribution in [0.4, 0.5) is 5.69 Å². The molecule has 0 fully saturated rings. The lowest BCUT2D eigenvalue weighted by Gasteiger charge is -2.13. The molecule has 1 atom stereocenters. The first-order valence-corrected chi connectivity index (χ1v) is 8.13. The third kappa shape index (κ3) is 4.89. The van der Waals surface area contributed by atoms with E-state index in [-0.39, 0.29) is 17.2 Å². The number of nitrogens with one attached hydrogen (secondary N) is 1. The summed E-state index contributed by atoms with van der Waals surface area (Å²) in [5.74, 6) is -1.25. The summed E-state index contributed by atoms with van der Waals surface area (Å²) in [6, 6.07) is 14.1. The Morgan fingerprint density at radius 3 is 2.50 bits per heavy atom. The van der Waals surface area contributed by atoms with Gasteiger partial charge in [-0.3, -0.25) is 14.9 Å². The predicted molar refractivity (Wildman–Crippen MR) is 96.0 cm³/mol. The normalized spacial score (nSPS) is 11.5. The van der Waals surface area contributed by atoms with Crippen molar-refractivity contribution in [2.24, 2.45) is 0 Å². The van der Waals surface area contributed by atoms with Gasteiger partial charge in [-0.25, -0.2) is 4.79 Å². The fourth-order valence-electron chi connectivity index (χ4n) is 2.49. The zero-order chi connectivity index (χ0) is 19.1. The summed E-state index contributed by atoms with van der Waals surface area (Å²) < 4.78 is 4.92. The Morgan fingerprint density at radius 1 is 1.15 bits per heavy atom. The van der Waals surface area contributed by atoms with Crippen LogP contribution in [0.5, 0.6) is 0 Å². The average Bonchev–Trinajstić information content (AvgIpc) is 2.64. The van der Waals surface area contributed by atoms with E-state index in [0.717, 1.165) is 5.56 Å². The van der Waals surface area contributed by atoms with Crippen molar-refractivity contribution in [2.75, 3.05) is 13.2 Å². The van der Waals surface area contributed by atoms with Crippen LogP contribution in [0.3, 0.4) is 0 Å². The molecule has 7 nitrogen and oxygen atoms in total. The maximum Gasteiger partial charge on any atom is 0.345 e. The summed E-state index contributed by atoms with van der Waals surface area (Å²) in [5.41, 5.74) is 0.960. The van der Waals surface area contributed by atoms with Crippen molar-refractivity contribution >= 4 is 17.6 Å². The van der Waals surface area contributed by atoms with Crippen LogP contribution >= 0.6 is 0 Å². The topological polar surface area (TPSA) is 98.5 Å². The minimum absolute atomic E-state index is 0.105. The molecule has 0 heterocycles. The first-order chi connectivity index (χ1) is 12.4. The molecule has 0 aromatic heterocycles. The quantitative estimate of drug-likeness (QED) is 0.467. The van der Waals surface area contributed by atoms with E-state index >= 15 is 0 Å². The summed E-state index contributed by atoms with van der Waals surface area (Å²) in [5, 5.41) is 13.8. The second-order valence-electron chi connectivity index (χ2n) is 5.92. The second kappa shape index (κ2) is 8.75. The molecule has 26 heavy (non-hydrogen) atoms. The summed E-state index contributed by atoms with van der Waals surface area (Å²) in [6.45, 7) is 3.40. The van der Waals surface area contributed by atoms with Gasteiger partial charge in [-0.15, -0.1) is 0 Å². The van der Waals surface area contributed by atoms with Gasteiger partial charge in [-0.2, -0.15) is 0 Å². The predicted octanol–water partition coefficient (Wildman–Crippen LogP) is 2.98. The molecule has 0 radical (unpaired) electrons. The lowest BCUT2D eigenvalue weighted by molar-refractivity contribution is -0.385. The Kier molecular flexibility index (Phi) is 6.43. The summed E-state index contributed by atoms with van der Waals surface area (Å²) in [7, 11) is 0. The highest BCUT2D eigenvalue weighted by molar-refractivity contribution is 5.95. The van der Waals surface area contributed by atoms with Crippen molar-refractivity contribution in [3.63, 3.8) is 0 Å². The first-order valence-electron chi connectivity index (χ1n) is 8.13. The van der Waals surface area contributed by atoms with Gasteiger partial charge in [-0.1, -0.05) is 49.4 Å². The number of nitro groups is 1. The number of carbonyl (C=O) groups is 2. The van der Waals surface area contributed by atoms with Crippen LogP contribution < -0.4 is 5.32 Å². The van der Waals surface area contributed by atoms with Crippen molar-refractivity contribution < 1.29 is 19.2 Å². The van der Waals surface area contributed by atoms with Gasteiger partial charge in [0.05, 0.1) is 4.92 Å². The number of esters is 1. The van der Waals surface area contributed by atoms with E-state index in [9.17, 15) is 19.7 Å².